The molecule has 3 heteroatoms. The van der Waals surface area contributed by atoms with E-state index in [4.69, 9.17) is 0 Å². The van der Waals surface area contributed by atoms with E-state index in [1.807, 2.05) is 18.8 Å². The minimum absolute atomic E-state index is 1.05. The first-order valence-electron chi connectivity index (χ1n) is 8.12. The Morgan fingerprint density at radius 3 is 2.35 bits per heavy atom. The summed E-state index contributed by atoms with van der Waals surface area (Å²) in [4.78, 5) is 2.42. The molecule has 0 saturated carbocycles. The molecule has 0 amide bonds. The van der Waals surface area contributed by atoms with Gasteiger partial charge in [0.05, 0.1) is 0 Å². The van der Waals surface area contributed by atoms with Crippen molar-refractivity contribution in [3.05, 3.63) is 59.9 Å². The lowest BCUT2D eigenvalue weighted by Crippen LogP contribution is -2.25. The number of benzene rings is 1. The van der Waals surface area contributed by atoms with Crippen molar-refractivity contribution in [2.24, 2.45) is 7.05 Å². The molecule has 0 aliphatic carbocycles. The van der Waals surface area contributed by atoms with Crippen LogP contribution in [-0.2, 0) is 7.05 Å². The summed E-state index contributed by atoms with van der Waals surface area (Å²) in [5.74, 6) is 1.17. The van der Waals surface area contributed by atoms with Crippen LogP contribution in [0.15, 0.2) is 48.8 Å². The minimum Gasteiger partial charge on any atom is -0.371 e. The summed E-state index contributed by atoms with van der Waals surface area (Å²) in [6.45, 7) is 6.54. The van der Waals surface area contributed by atoms with Gasteiger partial charge < -0.3 is 4.90 Å². The lowest BCUT2D eigenvalue weighted by Gasteiger charge is -2.22. The molecule has 1 aromatic carbocycles. The summed E-state index contributed by atoms with van der Waals surface area (Å²) >= 11 is 1.90. The van der Waals surface area contributed by atoms with Crippen molar-refractivity contribution in [3.8, 4) is 0 Å². The summed E-state index contributed by atoms with van der Waals surface area (Å²) in [6.07, 6.45) is 8.58. The number of hydrogen-bond donors (Lipinski definition) is 0. The molecule has 0 aliphatic rings. The lowest BCUT2D eigenvalue weighted by molar-refractivity contribution is -0.671. The van der Waals surface area contributed by atoms with Crippen molar-refractivity contribution >= 4 is 29.1 Å². The van der Waals surface area contributed by atoms with Crippen LogP contribution in [0.3, 0.4) is 0 Å². The Bertz CT molecular complexity index is 630. The molecule has 1 aromatic heterocycles. The summed E-state index contributed by atoms with van der Waals surface area (Å²) in [7, 11) is 2.04. The number of rotatable bonds is 7. The standard InChI is InChI=1S/C20H27N2S/c1-5-22(14-15-23-4)20-8-6-18(7-9-20)16-17(2)19-10-12-21(3)13-11-19/h6-13,16H,5,14-15H2,1-4H3/q+1. The van der Waals surface area contributed by atoms with E-state index in [9.17, 15) is 0 Å². The maximum absolute atomic E-state index is 2.42. The molecule has 122 valence electrons. The summed E-state index contributed by atoms with van der Waals surface area (Å²) in [5, 5.41) is 0. The molecule has 2 aromatic rings. The zero-order valence-corrected chi connectivity index (χ0v) is 15.4. The van der Waals surface area contributed by atoms with Gasteiger partial charge >= 0.3 is 0 Å². The summed E-state index contributed by atoms with van der Waals surface area (Å²) in [5.41, 5.74) is 5.11. The third-order valence-electron chi connectivity index (χ3n) is 4.02. The Hall–Kier alpha value is -1.74. The van der Waals surface area contributed by atoms with E-state index < -0.39 is 0 Å². The van der Waals surface area contributed by atoms with E-state index >= 15 is 0 Å². The van der Waals surface area contributed by atoms with Gasteiger partial charge in [0.15, 0.2) is 12.4 Å². The zero-order chi connectivity index (χ0) is 16.7. The maximum atomic E-state index is 2.42. The van der Waals surface area contributed by atoms with Crippen molar-refractivity contribution in [2.75, 3.05) is 30.0 Å². The van der Waals surface area contributed by atoms with E-state index in [1.54, 1.807) is 0 Å². The fourth-order valence-electron chi connectivity index (χ4n) is 2.55. The van der Waals surface area contributed by atoms with Crippen molar-refractivity contribution in [3.63, 3.8) is 0 Å². The number of aromatic nitrogens is 1. The van der Waals surface area contributed by atoms with Crippen LogP contribution in [0.1, 0.15) is 25.0 Å². The molecule has 0 spiro atoms. The van der Waals surface area contributed by atoms with Crippen LogP contribution in [0.4, 0.5) is 5.69 Å². The number of allylic oxidation sites excluding steroid dienone is 1. The molecule has 1 heterocycles. The normalized spacial score (nSPS) is 11.6. The van der Waals surface area contributed by atoms with Gasteiger partial charge in [0.1, 0.15) is 7.05 Å². The van der Waals surface area contributed by atoms with Crippen LogP contribution >= 0.6 is 11.8 Å². The smallest absolute Gasteiger partial charge is 0.169 e. The highest BCUT2D eigenvalue weighted by Crippen LogP contribution is 2.20. The first-order valence-corrected chi connectivity index (χ1v) is 9.51. The van der Waals surface area contributed by atoms with E-state index in [-0.39, 0.29) is 0 Å². The van der Waals surface area contributed by atoms with E-state index in [1.165, 1.54) is 28.1 Å². The molecule has 0 saturated heterocycles. The largest absolute Gasteiger partial charge is 0.371 e. The zero-order valence-electron chi connectivity index (χ0n) is 14.6. The number of nitrogens with zero attached hydrogens (tertiary/aromatic N) is 2. The highest BCUT2D eigenvalue weighted by molar-refractivity contribution is 7.98. The molecule has 0 aliphatic heterocycles. The van der Waals surface area contributed by atoms with Gasteiger partial charge in [0, 0.05) is 36.7 Å². The molecular weight excluding hydrogens is 300 g/mol. The third-order valence-corrected chi connectivity index (χ3v) is 4.61. The maximum Gasteiger partial charge on any atom is 0.169 e. The van der Waals surface area contributed by atoms with Crippen LogP contribution in [0, 0.1) is 0 Å². The van der Waals surface area contributed by atoms with Crippen molar-refractivity contribution in [1.82, 2.24) is 0 Å². The number of aryl methyl sites for hydroxylation is 1. The molecule has 0 fully saturated rings. The van der Waals surface area contributed by atoms with Gasteiger partial charge in [-0.3, -0.25) is 0 Å². The van der Waals surface area contributed by atoms with Gasteiger partial charge in [-0.25, -0.2) is 4.57 Å². The van der Waals surface area contributed by atoms with Crippen molar-refractivity contribution in [1.29, 1.82) is 0 Å². The molecule has 0 unspecified atom stereocenters. The predicted octanol–water partition coefficient (Wildman–Crippen LogP) is 4.26. The number of anilines is 1. The molecular formula is C20H27N2S+. The van der Waals surface area contributed by atoms with E-state index in [0.29, 0.717) is 0 Å². The van der Waals surface area contributed by atoms with Crippen LogP contribution < -0.4 is 9.47 Å². The van der Waals surface area contributed by atoms with Gasteiger partial charge in [-0.1, -0.05) is 18.2 Å². The van der Waals surface area contributed by atoms with Crippen molar-refractivity contribution < 1.29 is 4.57 Å². The van der Waals surface area contributed by atoms with Gasteiger partial charge in [-0.2, -0.15) is 11.8 Å². The highest BCUT2D eigenvalue weighted by Gasteiger charge is 2.04. The Labute approximate surface area is 144 Å². The molecule has 2 rings (SSSR count). The lowest BCUT2D eigenvalue weighted by atomic mass is 10.1. The fraction of sp³-hybridized carbons (Fsp3) is 0.350. The number of hydrogen-bond acceptors (Lipinski definition) is 2. The summed E-state index contributed by atoms with van der Waals surface area (Å²) in [6, 6.07) is 13.2. The monoisotopic (exact) mass is 327 g/mol. The fourth-order valence-corrected chi connectivity index (χ4v) is 2.95. The molecule has 0 bridgehead atoms. The average molecular weight is 328 g/mol. The van der Waals surface area contributed by atoms with E-state index in [0.717, 1.165) is 13.1 Å². The quantitative estimate of drug-likeness (QED) is 0.702. The van der Waals surface area contributed by atoms with Crippen molar-refractivity contribution in [2.45, 2.75) is 13.8 Å². The second kappa shape index (κ2) is 8.78. The second-order valence-electron chi connectivity index (χ2n) is 5.74. The SMILES string of the molecule is CCN(CCSC)c1ccc(C=C(C)c2cc[n+](C)cc2)cc1. The first-order chi connectivity index (χ1) is 11.1. The van der Waals surface area contributed by atoms with Crippen LogP contribution in [-0.4, -0.2) is 25.1 Å². The van der Waals surface area contributed by atoms with Gasteiger partial charge in [-0.15, -0.1) is 0 Å². The van der Waals surface area contributed by atoms with Crippen LogP contribution in [0.25, 0.3) is 11.6 Å². The van der Waals surface area contributed by atoms with E-state index in [2.05, 4.69) is 84.4 Å². The Kier molecular flexibility index (Phi) is 6.72. The third kappa shape index (κ3) is 5.14. The topological polar surface area (TPSA) is 7.12 Å². The Morgan fingerprint density at radius 2 is 1.78 bits per heavy atom. The van der Waals surface area contributed by atoms with Gasteiger partial charge in [0.2, 0.25) is 0 Å². The molecule has 23 heavy (non-hydrogen) atoms. The summed E-state index contributed by atoms with van der Waals surface area (Å²) < 4.78 is 2.06. The van der Waals surface area contributed by atoms with Gasteiger partial charge in [0.25, 0.3) is 0 Å². The molecule has 2 nitrogen and oxygen atoms in total. The second-order valence-corrected chi connectivity index (χ2v) is 6.73. The van der Waals surface area contributed by atoms with Crippen LogP contribution in [0.5, 0.6) is 0 Å². The number of pyridine rings is 1. The Morgan fingerprint density at radius 1 is 1.13 bits per heavy atom. The van der Waals surface area contributed by atoms with Gasteiger partial charge in [-0.05, 0) is 48.9 Å². The highest BCUT2D eigenvalue weighted by atomic mass is 32.2. The number of thioether (sulfide) groups is 1. The first kappa shape index (κ1) is 17.6. The predicted molar refractivity (Wildman–Crippen MR) is 104 cm³/mol. The molecule has 0 N–H and O–H groups in total. The average Bonchev–Trinajstić information content (AvgIpc) is 2.57. The molecule has 0 atom stereocenters. The van der Waals surface area contributed by atoms with Crippen LogP contribution in [0.2, 0.25) is 0 Å². The molecule has 0 radical (unpaired) electrons. The minimum atomic E-state index is 1.05. The Balaban J connectivity index is 2.12.